The molecule has 142 valence electrons. The van der Waals surface area contributed by atoms with Gasteiger partial charge in [-0.15, -0.1) is 0 Å². The minimum atomic E-state index is -0.512. The Bertz CT molecular complexity index is 835. The topological polar surface area (TPSA) is 87.7 Å². The molecule has 1 fully saturated rings. The van der Waals surface area contributed by atoms with Crippen LogP contribution in [-0.2, 0) is 4.74 Å². The van der Waals surface area contributed by atoms with Crippen molar-refractivity contribution in [3.8, 4) is 0 Å². The molecule has 1 aliphatic heterocycles. The number of benzene rings is 1. The van der Waals surface area contributed by atoms with E-state index in [9.17, 15) is 9.59 Å². The quantitative estimate of drug-likeness (QED) is 0.799. The average molecular weight is 390 g/mol. The number of hydrogen-bond donors (Lipinski definition) is 1. The summed E-state index contributed by atoms with van der Waals surface area (Å²) in [7, 11) is 3.36. The Labute approximate surface area is 162 Å². The van der Waals surface area contributed by atoms with Gasteiger partial charge in [-0.25, -0.2) is 14.8 Å². The highest BCUT2D eigenvalue weighted by molar-refractivity contribution is 6.34. The molecule has 1 aromatic carbocycles. The molecule has 1 aliphatic rings. The van der Waals surface area contributed by atoms with Crippen molar-refractivity contribution in [2.24, 2.45) is 0 Å². The Kier molecular flexibility index (Phi) is 5.88. The first-order valence-corrected chi connectivity index (χ1v) is 8.80. The summed E-state index contributed by atoms with van der Waals surface area (Å²) >= 11 is 6.11. The highest BCUT2D eigenvalue weighted by atomic mass is 35.5. The molecule has 2 aromatic rings. The predicted octanol–water partition coefficient (Wildman–Crippen LogP) is 1.92. The summed E-state index contributed by atoms with van der Waals surface area (Å²) in [5.74, 6) is -0.323. The minimum Gasteiger partial charge on any atom is -0.465 e. The number of carbonyl (C=O) groups is 2. The molecule has 3 rings (SSSR count). The van der Waals surface area contributed by atoms with Crippen LogP contribution in [0.25, 0.3) is 0 Å². The Morgan fingerprint density at radius 2 is 1.78 bits per heavy atom. The van der Waals surface area contributed by atoms with E-state index in [1.54, 1.807) is 0 Å². The van der Waals surface area contributed by atoms with Crippen molar-refractivity contribution in [1.29, 1.82) is 0 Å². The highest BCUT2D eigenvalue weighted by Gasteiger charge is 2.17. The zero-order valence-corrected chi connectivity index (χ0v) is 15.9. The summed E-state index contributed by atoms with van der Waals surface area (Å²) in [6.07, 6.45) is 2.96. The number of nitrogens with zero attached hydrogens (tertiary/aromatic N) is 4. The SMILES string of the molecule is COC(=O)c1ccc(Cl)c(NC(=O)c2cnc(N3CCN(C)CC3)nc2)c1. The monoisotopic (exact) mass is 389 g/mol. The lowest BCUT2D eigenvalue weighted by atomic mass is 10.2. The molecule has 0 bridgehead atoms. The number of halogens is 1. The molecule has 0 saturated carbocycles. The van der Waals surface area contributed by atoms with Gasteiger partial charge in [0.2, 0.25) is 5.95 Å². The molecule has 0 spiro atoms. The number of aromatic nitrogens is 2. The van der Waals surface area contributed by atoms with Crippen molar-refractivity contribution >= 4 is 35.1 Å². The van der Waals surface area contributed by atoms with Gasteiger partial charge in [-0.3, -0.25) is 4.79 Å². The Morgan fingerprint density at radius 3 is 2.41 bits per heavy atom. The summed E-state index contributed by atoms with van der Waals surface area (Å²) in [6.45, 7) is 3.58. The number of carbonyl (C=O) groups excluding carboxylic acids is 2. The van der Waals surface area contributed by atoms with Gasteiger partial charge < -0.3 is 19.9 Å². The van der Waals surface area contributed by atoms with Crippen LogP contribution in [-0.4, -0.2) is 67.1 Å². The van der Waals surface area contributed by atoms with E-state index >= 15 is 0 Å². The fourth-order valence-corrected chi connectivity index (χ4v) is 2.83. The summed E-state index contributed by atoms with van der Waals surface area (Å²) in [5.41, 5.74) is 0.902. The molecule has 1 saturated heterocycles. The third-order valence-corrected chi connectivity index (χ3v) is 4.65. The van der Waals surface area contributed by atoms with Crippen LogP contribution in [0.1, 0.15) is 20.7 Å². The summed E-state index contributed by atoms with van der Waals surface area (Å²) in [6, 6.07) is 4.51. The number of nitrogens with one attached hydrogen (secondary N) is 1. The van der Waals surface area contributed by atoms with E-state index in [1.165, 1.54) is 37.7 Å². The first kappa shape index (κ1) is 19.1. The van der Waals surface area contributed by atoms with Gasteiger partial charge in [-0.2, -0.15) is 0 Å². The normalized spacial score (nSPS) is 14.7. The van der Waals surface area contributed by atoms with Crippen molar-refractivity contribution in [1.82, 2.24) is 14.9 Å². The average Bonchev–Trinajstić information content (AvgIpc) is 2.69. The minimum absolute atomic E-state index is 0.291. The van der Waals surface area contributed by atoms with Crippen LogP contribution in [0.4, 0.5) is 11.6 Å². The van der Waals surface area contributed by atoms with Crippen molar-refractivity contribution in [2.45, 2.75) is 0 Å². The van der Waals surface area contributed by atoms with E-state index in [0.29, 0.717) is 27.8 Å². The number of piperazine rings is 1. The van der Waals surface area contributed by atoms with Gasteiger partial charge in [0.15, 0.2) is 0 Å². The molecule has 1 aromatic heterocycles. The molecular formula is C18H20ClN5O3. The van der Waals surface area contributed by atoms with E-state index in [0.717, 1.165) is 26.2 Å². The molecule has 9 heteroatoms. The lowest BCUT2D eigenvalue weighted by Crippen LogP contribution is -2.45. The van der Waals surface area contributed by atoms with Crippen LogP contribution in [0.2, 0.25) is 5.02 Å². The third-order valence-electron chi connectivity index (χ3n) is 4.32. The second kappa shape index (κ2) is 8.32. The van der Waals surface area contributed by atoms with Crippen LogP contribution in [0.15, 0.2) is 30.6 Å². The number of likely N-dealkylation sites (N-methyl/N-ethyl adjacent to an activating group) is 1. The predicted molar refractivity (Wildman–Crippen MR) is 102 cm³/mol. The molecule has 0 aliphatic carbocycles. The van der Waals surface area contributed by atoms with Crippen molar-refractivity contribution in [3.63, 3.8) is 0 Å². The van der Waals surface area contributed by atoms with Gasteiger partial charge in [0.05, 0.1) is 28.9 Å². The third kappa shape index (κ3) is 4.53. The summed E-state index contributed by atoms with van der Waals surface area (Å²) in [5, 5.41) is 2.98. The largest absolute Gasteiger partial charge is 0.465 e. The first-order chi connectivity index (χ1) is 13.0. The molecule has 0 unspecified atom stereocenters. The molecular weight excluding hydrogens is 370 g/mol. The number of amides is 1. The zero-order chi connectivity index (χ0) is 19.4. The van der Waals surface area contributed by atoms with Crippen molar-refractivity contribution in [3.05, 3.63) is 46.7 Å². The number of hydrogen-bond acceptors (Lipinski definition) is 7. The Hall–Kier alpha value is -2.71. The fraction of sp³-hybridized carbons (Fsp3) is 0.333. The molecule has 1 N–H and O–H groups in total. The Morgan fingerprint density at radius 1 is 1.11 bits per heavy atom. The van der Waals surface area contributed by atoms with E-state index in [1.807, 2.05) is 0 Å². The van der Waals surface area contributed by atoms with Crippen molar-refractivity contribution < 1.29 is 14.3 Å². The Balaban J connectivity index is 1.70. The lowest BCUT2D eigenvalue weighted by molar-refractivity contribution is 0.0600. The van der Waals surface area contributed by atoms with Crippen LogP contribution in [0.5, 0.6) is 0 Å². The number of esters is 1. The molecule has 8 nitrogen and oxygen atoms in total. The second-order valence-corrected chi connectivity index (χ2v) is 6.61. The van der Waals surface area contributed by atoms with Crippen molar-refractivity contribution in [2.75, 3.05) is 50.6 Å². The van der Waals surface area contributed by atoms with Crippen LogP contribution < -0.4 is 10.2 Å². The maximum atomic E-state index is 12.5. The van der Waals surface area contributed by atoms with E-state index in [2.05, 4.69) is 36.9 Å². The zero-order valence-electron chi connectivity index (χ0n) is 15.1. The van der Waals surface area contributed by atoms with Crippen LogP contribution in [0, 0.1) is 0 Å². The molecule has 27 heavy (non-hydrogen) atoms. The number of methoxy groups -OCH3 is 1. The van der Waals surface area contributed by atoms with E-state index in [-0.39, 0.29) is 0 Å². The summed E-state index contributed by atoms with van der Waals surface area (Å²) in [4.78, 5) is 37.0. The highest BCUT2D eigenvalue weighted by Crippen LogP contribution is 2.24. The maximum Gasteiger partial charge on any atom is 0.337 e. The van der Waals surface area contributed by atoms with Gasteiger partial charge in [0.25, 0.3) is 5.91 Å². The van der Waals surface area contributed by atoms with Gasteiger partial charge in [0, 0.05) is 38.6 Å². The van der Waals surface area contributed by atoms with Gasteiger partial charge in [0.1, 0.15) is 0 Å². The second-order valence-electron chi connectivity index (χ2n) is 6.20. The number of rotatable bonds is 4. The van der Waals surface area contributed by atoms with E-state index < -0.39 is 11.9 Å². The fourth-order valence-electron chi connectivity index (χ4n) is 2.67. The number of ether oxygens (including phenoxy) is 1. The lowest BCUT2D eigenvalue weighted by Gasteiger charge is -2.32. The summed E-state index contributed by atoms with van der Waals surface area (Å²) < 4.78 is 4.68. The maximum absolute atomic E-state index is 12.5. The number of anilines is 2. The molecule has 0 radical (unpaired) electrons. The molecule has 2 heterocycles. The van der Waals surface area contributed by atoms with Crippen LogP contribution in [0.3, 0.4) is 0 Å². The van der Waals surface area contributed by atoms with Gasteiger partial charge >= 0.3 is 5.97 Å². The smallest absolute Gasteiger partial charge is 0.337 e. The van der Waals surface area contributed by atoms with Crippen LogP contribution >= 0.6 is 11.6 Å². The van der Waals surface area contributed by atoms with Gasteiger partial charge in [-0.1, -0.05) is 11.6 Å². The first-order valence-electron chi connectivity index (χ1n) is 8.42. The molecule has 1 amide bonds. The van der Waals surface area contributed by atoms with E-state index in [4.69, 9.17) is 11.6 Å². The standard InChI is InChI=1S/C18H20ClN5O3/c1-23-5-7-24(8-6-23)18-20-10-13(11-21-18)16(25)22-15-9-12(17(26)27-2)3-4-14(15)19/h3-4,9-11H,5-8H2,1-2H3,(H,22,25). The molecule has 0 atom stereocenters. The van der Waals surface area contributed by atoms with Gasteiger partial charge in [-0.05, 0) is 25.2 Å².